The first-order chi connectivity index (χ1) is 19.3. The molecule has 0 aliphatic carbocycles. The Morgan fingerprint density at radius 1 is 1.22 bits per heavy atom. The Kier molecular flexibility index (Phi) is 10.9. The molecule has 0 saturated carbocycles. The first-order valence-electron chi connectivity index (χ1n) is 14.0. The molecular weight excluding hydrogens is 528 g/mol. The number of aliphatic hydroxyl groups is 1. The average Bonchev–Trinajstić information content (AvgIpc) is 3.53. The quantitative estimate of drug-likeness (QED) is 0.346. The zero-order chi connectivity index (χ0) is 30.3. The number of amides is 3. The highest BCUT2D eigenvalue weighted by Crippen LogP contribution is 2.24. The van der Waals surface area contributed by atoms with E-state index in [1.165, 1.54) is 4.90 Å². The number of aliphatic hydroxyl groups excluding tert-OH is 1. The van der Waals surface area contributed by atoms with E-state index in [0.717, 1.165) is 0 Å². The minimum Gasteiger partial charge on any atom is -0.485 e. The Labute approximate surface area is 241 Å². The lowest BCUT2D eigenvalue weighted by Crippen LogP contribution is -2.54. The molecule has 1 aliphatic heterocycles. The van der Waals surface area contributed by atoms with E-state index < -0.39 is 30.0 Å². The van der Waals surface area contributed by atoms with Crippen LogP contribution in [0.25, 0.3) is 0 Å². The van der Waals surface area contributed by atoms with E-state index in [-0.39, 0.29) is 42.4 Å². The Morgan fingerprint density at radius 2 is 1.93 bits per heavy atom. The standard InChI is InChI=1S/C29H44N6O6/c1-18(2)14-21(27(39)35-16-19(36)15-22(35)26(38)30-12-13-34(6)7)31-25(37)20-10-8-9-11-23(20)40-17-24-32-28(41-33-24)29(3,4)5/h8-11,18-19,21-22,36H,12-17H2,1-7H3,(H,30,38)(H,31,37)/t19-,21+,22+/m0/s1. The highest BCUT2D eigenvalue weighted by Gasteiger charge is 2.41. The number of ether oxygens (including phenoxy) is 1. The number of hydrogen-bond acceptors (Lipinski definition) is 9. The maximum Gasteiger partial charge on any atom is 0.255 e. The van der Waals surface area contributed by atoms with Gasteiger partial charge < -0.3 is 34.8 Å². The van der Waals surface area contributed by atoms with Gasteiger partial charge in [0, 0.05) is 31.5 Å². The Morgan fingerprint density at radius 3 is 2.56 bits per heavy atom. The monoisotopic (exact) mass is 572 g/mol. The number of β-amino-alcohol motifs (C(OH)–C–C–N with tert-alkyl or cyclic N) is 1. The highest BCUT2D eigenvalue weighted by atomic mass is 16.5. The van der Waals surface area contributed by atoms with Gasteiger partial charge in [-0.3, -0.25) is 14.4 Å². The number of para-hydroxylation sites is 1. The molecule has 3 rings (SSSR count). The molecule has 0 bridgehead atoms. The molecule has 0 unspecified atom stereocenters. The van der Waals surface area contributed by atoms with Gasteiger partial charge in [-0.2, -0.15) is 4.98 Å². The number of aromatic nitrogens is 2. The molecule has 12 heteroatoms. The minimum atomic E-state index is -0.899. The van der Waals surface area contributed by atoms with Crippen molar-refractivity contribution < 1.29 is 28.8 Å². The first kappa shape index (κ1) is 32.0. The van der Waals surface area contributed by atoms with Crippen LogP contribution in [0.15, 0.2) is 28.8 Å². The van der Waals surface area contributed by atoms with Gasteiger partial charge in [0.1, 0.15) is 17.8 Å². The molecule has 3 amide bonds. The van der Waals surface area contributed by atoms with Gasteiger partial charge in [0.05, 0.1) is 11.7 Å². The molecule has 1 aromatic carbocycles. The Balaban J connectivity index is 1.73. The van der Waals surface area contributed by atoms with Crippen molar-refractivity contribution in [3.8, 4) is 5.75 Å². The summed E-state index contributed by atoms with van der Waals surface area (Å²) >= 11 is 0. The molecule has 1 aliphatic rings. The van der Waals surface area contributed by atoms with Crippen molar-refractivity contribution in [3.63, 3.8) is 0 Å². The molecule has 12 nitrogen and oxygen atoms in total. The lowest BCUT2D eigenvalue weighted by molar-refractivity contribution is -0.140. The van der Waals surface area contributed by atoms with Crippen LogP contribution in [-0.2, 0) is 21.6 Å². The smallest absolute Gasteiger partial charge is 0.255 e. The van der Waals surface area contributed by atoms with Crippen molar-refractivity contribution in [2.75, 3.05) is 33.7 Å². The summed E-state index contributed by atoms with van der Waals surface area (Å²) in [7, 11) is 3.80. The SMILES string of the molecule is CC(C)C[C@@H](NC(=O)c1ccccc1OCc1noc(C(C)(C)C)n1)C(=O)N1C[C@@H](O)C[C@@H]1C(=O)NCCN(C)C. The molecule has 1 saturated heterocycles. The minimum absolute atomic E-state index is 0.00545. The van der Waals surface area contributed by atoms with Crippen LogP contribution in [0.1, 0.15) is 69.5 Å². The number of nitrogens with zero attached hydrogens (tertiary/aromatic N) is 4. The molecule has 1 aromatic heterocycles. The van der Waals surface area contributed by atoms with Crippen LogP contribution >= 0.6 is 0 Å². The van der Waals surface area contributed by atoms with Crippen LogP contribution in [0.2, 0.25) is 0 Å². The van der Waals surface area contributed by atoms with E-state index in [2.05, 4.69) is 20.8 Å². The maximum absolute atomic E-state index is 13.7. The van der Waals surface area contributed by atoms with Crippen LogP contribution in [-0.4, -0.2) is 94.7 Å². The Hall–Kier alpha value is -3.51. The van der Waals surface area contributed by atoms with Crippen LogP contribution < -0.4 is 15.4 Å². The van der Waals surface area contributed by atoms with E-state index in [4.69, 9.17) is 9.26 Å². The fraction of sp³-hybridized carbons (Fsp3) is 0.621. The molecular formula is C29H44N6O6. The largest absolute Gasteiger partial charge is 0.485 e. The van der Waals surface area contributed by atoms with Gasteiger partial charge in [-0.25, -0.2) is 0 Å². The second kappa shape index (κ2) is 13.9. The molecule has 41 heavy (non-hydrogen) atoms. The summed E-state index contributed by atoms with van der Waals surface area (Å²) < 4.78 is 11.2. The lowest BCUT2D eigenvalue weighted by atomic mass is 9.97. The lowest BCUT2D eigenvalue weighted by Gasteiger charge is -2.29. The highest BCUT2D eigenvalue weighted by molar-refractivity contribution is 6.00. The predicted octanol–water partition coefficient (Wildman–Crippen LogP) is 1.73. The van der Waals surface area contributed by atoms with Crippen LogP contribution in [0.3, 0.4) is 0 Å². The molecule has 3 atom stereocenters. The number of hydrogen-bond donors (Lipinski definition) is 3. The predicted molar refractivity (Wildman–Crippen MR) is 152 cm³/mol. The van der Waals surface area contributed by atoms with Crippen molar-refractivity contribution >= 4 is 17.7 Å². The fourth-order valence-corrected chi connectivity index (χ4v) is 4.50. The second-order valence-electron chi connectivity index (χ2n) is 12.2. The van der Waals surface area contributed by atoms with Crippen molar-refractivity contribution in [3.05, 3.63) is 41.5 Å². The summed E-state index contributed by atoms with van der Waals surface area (Å²) in [5.74, 6) is -0.00912. The molecule has 226 valence electrons. The van der Waals surface area contributed by atoms with Crippen molar-refractivity contribution in [2.45, 2.75) is 77.7 Å². The second-order valence-corrected chi connectivity index (χ2v) is 12.2. The normalized spacial score (nSPS) is 18.0. The van der Waals surface area contributed by atoms with Crippen LogP contribution in [0, 0.1) is 5.92 Å². The number of carbonyl (C=O) groups is 3. The van der Waals surface area contributed by atoms with Gasteiger partial charge in [-0.15, -0.1) is 0 Å². The van der Waals surface area contributed by atoms with Gasteiger partial charge in [-0.1, -0.05) is 51.9 Å². The zero-order valence-corrected chi connectivity index (χ0v) is 25.1. The first-order valence-corrected chi connectivity index (χ1v) is 14.0. The van der Waals surface area contributed by atoms with Gasteiger partial charge in [-0.05, 0) is 38.6 Å². The number of likely N-dealkylation sites (tertiary alicyclic amines) is 1. The number of rotatable bonds is 12. The average molecular weight is 573 g/mol. The number of benzene rings is 1. The third-order valence-corrected chi connectivity index (χ3v) is 6.63. The molecule has 1 fully saturated rings. The van der Waals surface area contributed by atoms with Crippen LogP contribution in [0.5, 0.6) is 5.75 Å². The van der Waals surface area contributed by atoms with E-state index in [1.54, 1.807) is 24.3 Å². The van der Waals surface area contributed by atoms with Crippen molar-refractivity contribution in [1.82, 2.24) is 30.6 Å². The summed E-state index contributed by atoms with van der Waals surface area (Å²) in [6.45, 7) is 10.9. The van der Waals surface area contributed by atoms with E-state index >= 15 is 0 Å². The summed E-state index contributed by atoms with van der Waals surface area (Å²) in [5.41, 5.74) is -0.0637. The maximum atomic E-state index is 13.7. The third-order valence-electron chi connectivity index (χ3n) is 6.63. The van der Waals surface area contributed by atoms with Gasteiger partial charge in [0.15, 0.2) is 6.61 Å². The zero-order valence-electron chi connectivity index (χ0n) is 25.1. The van der Waals surface area contributed by atoms with E-state index in [9.17, 15) is 19.5 Å². The Bertz CT molecular complexity index is 1190. The molecule has 2 aromatic rings. The number of nitrogens with one attached hydrogen (secondary N) is 2. The summed E-state index contributed by atoms with van der Waals surface area (Å²) in [5, 5.41) is 20.0. The van der Waals surface area contributed by atoms with E-state index in [0.29, 0.717) is 37.0 Å². The summed E-state index contributed by atoms with van der Waals surface area (Å²) in [4.78, 5) is 47.8. The van der Waals surface area contributed by atoms with Crippen molar-refractivity contribution in [2.24, 2.45) is 5.92 Å². The number of likely N-dealkylation sites (N-methyl/N-ethyl adjacent to an activating group) is 1. The van der Waals surface area contributed by atoms with Crippen LogP contribution in [0.4, 0.5) is 0 Å². The molecule has 2 heterocycles. The van der Waals surface area contributed by atoms with E-state index in [1.807, 2.05) is 53.6 Å². The third kappa shape index (κ3) is 8.99. The number of carbonyl (C=O) groups excluding carboxylic acids is 3. The van der Waals surface area contributed by atoms with Gasteiger partial charge in [0.2, 0.25) is 23.5 Å². The van der Waals surface area contributed by atoms with Gasteiger partial charge in [0.25, 0.3) is 5.91 Å². The summed E-state index contributed by atoms with van der Waals surface area (Å²) in [6, 6.07) is 5.00. The summed E-state index contributed by atoms with van der Waals surface area (Å²) in [6.07, 6.45) is -0.323. The fourth-order valence-electron chi connectivity index (χ4n) is 4.50. The van der Waals surface area contributed by atoms with Gasteiger partial charge >= 0.3 is 0 Å². The molecule has 0 spiro atoms. The molecule has 0 radical (unpaired) electrons. The van der Waals surface area contributed by atoms with Crippen molar-refractivity contribution in [1.29, 1.82) is 0 Å². The topological polar surface area (TPSA) is 150 Å². The molecule has 3 N–H and O–H groups in total.